The summed E-state index contributed by atoms with van der Waals surface area (Å²) in [6.07, 6.45) is 0. The topological polar surface area (TPSA) is 47.6 Å². The van der Waals surface area contributed by atoms with Crippen LogP contribution in [-0.2, 0) is 4.79 Å². The van der Waals surface area contributed by atoms with Crippen molar-refractivity contribution in [3.8, 4) is 11.5 Å². The molecular weight excluding hydrogens is 278 g/mol. The summed E-state index contributed by atoms with van der Waals surface area (Å²) in [5, 5.41) is 2.81. The number of carbonyl (C=O) groups excluding carboxylic acids is 1. The highest BCUT2D eigenvalue weighted by atomic mass is 16.5. The van der Waals surface area contributed by atoms with Gasteiger partial charge >= 0.3 is 0 Å². The van der Waals surface area contributed by atoms with E-state index < -0.39 is 0 Å². The highest BCUT2D eigenvalue weighted by Crippen LogP contribution is 2.18. The predicted octanol–water partition coefficient (Wildman–Crippen LogP) is 3.84. The Morgan fingerprint density at radius 1 is 1.00 bits per heavy atom. The fraction of sp³-hybridized carbons (Fsp3) is 0.278. The van der Waals surface area contributed by atoms with E-state index in [2.05, 4.69) is 19.2 Å². The molecule has 2 aromatic rings. The Labute approximate surface area is 131 Å². The van der Waals surface area contributed by atoms with Crippen molar-refractivity contribution >= 4 is 11.6 Å². The largest absolute Gasteiger partial charge is 0.497 e. The number of ether oxygens (including phenoxy) is 2. The Kier molecular flexibility index (Phi) is 5.42. The second-order valence-electron chi connectivity index (χ2n) is 5.29. The number of nitrogens with one attached hydrogen (secondary N) is 1. The van der Waals surface area contributed by atoms with Crippen molar-refractivity contribution in [3.05, 3.63) is 54.1 Å². The molecule has 2 aromatic carbocycles. The van der Waals surface area contributed by atoms with Gasteiger partial charge in [-0.3, -0.25) is 4.79 Å². The van der Waals surface area contributed by atoms with Gasteiger partial charge in [0.25, 0.3) is 5.91 Å². The molecule has 2 rings (SSSR count). The Hall–Kier alpha value is -2.49. The van der Waals surface area contributed by atoms with E-state index in [4.69, 9.17) is 9.47 Å². The number of rotatable bonds is 6. The van der Waals surface area contributed by atoms with Crippen LogP contribution in [0.3, 0.4) is 0 Å². The van der Waals surface area contributed by atoms with Crippen molar-refractivity contribution in [1.29, 1.82) is 0 Å². The lowest BCUT2D eigenvalue weighted by molar-refractivity contribution is -0.118. The summed E-state index contributed by atoms with van der Waals surface area (Å²) < 4.78 is 10.5. The second kappa shape index (κ2) is 7.50. The second-order valence-corrected chi connectivity index (χ2v) is 5.29. The van der Waals surface area contributed by atoms with Gasteiger partial charge in [0.05, 0.1) is 7.11 Å². The minimum absolute atomic E-state index is 0.0295. The van der Waals surface area contributed by atoms with Crippen molar-refractivity contribution in [2.45, 2.75) is 19.8 Å². The average molecular weight is 299 g/mol. The highest BCUT2D eigenvalue weighted by molar-refractivity contribution is 5.91. The number of methoxy groups -OCH3 is 1. The van der Waals surface area contributed by atoms with Gasteiger partial charge in [-0.25, -0.2) is 0 Å². The van der Waals surface area contributed by atoms with Crippen LogP contribution in [-0.4, -0.2) is 19.6 Å². The maximum atomic E-state index is 11.9. The number of amides is 1. The molecule has 0 fully saturated rings. The summed E-state index contributed by atoms with van der Waals surface area (Å²) in [7, 11) is 1.61. The van der Waals surface area contributed by atoms with Gasteiger partial charge in [0.15, 0.2) is 6.61 Å². The molecule has 0 atom stereocenters. The molecule has 0 radical (unpaired) electrons. The molecule has 4 heteroatoms. The van der Waals surface area contributed by atoms with Crippen molar-refractivity contribution < 1.29 is 14.3 Å². The average Bonchev–Trinajstić information content (AvgIpc) is 2.54. The molecule has 0 unspecified atom stereocenters. The Morgan fingerprint density at radius 3 is 2.14 bits per heavy atom. The van der Waals surface area contributed by atoms with Gasteiger partial charge in [-0.1, -0.05) is 26.0 Å². The highest BCUT2D eigenvalue weighted by Gasteiger charge is 2.05. The first-order valence-electron chi connectivity index (χ1n) is 7.25. The van der Waals surface area contributed by atoms with E-state index in [0.717, 1.165) is 11.4 Å². The fourth-order valence-corrected chi connectivity index (χ4v) is 1.97. The minimum Gasteiger partial charge on any atom is -0.497 e. The van der Waals surface area contributed by atoms with Crippen LogP contribution in [0.2, 0.25) is 0 Å². The zero-order valence-electron chi connectivity index (χ0n) is 13.1. The lowest BCUT2D eigenvalue weighted by atomic mass is 10.0. The van der Waals surface area contributed by atoms with Crippen LogP contribution in [0.4, 0.5) is 5.69 Å². The summed E-state index contributed by atoms with van der Waals surface area (Å²) in [6.45, 7) is 4.24. The molecule has 0 heterocycles. The van der Waals surface area contributed by atoms with E-state index >= 15 is 0 Å². The maximum absolute atomic E-state index is 11.9. The van der Waals surface area contributed by atoms with E-state index in [0.29, 0.717) is 11.7 Å². The Balaban J connectivity index is 1.84. The van der Waals surface area contributed by atoms with Gasteiger partial charge in [0.1, 0.15) is 11.5 Å². The van der Waals surface area contributed by atoms with Crippen LogP contribution < -0.4 is 14.8 Å². The van der Waals surface area contributed by atoms with Crippen LogP contribution in [0, 0.1) is 0 Å². The van der Waals surface area contributed by atoms with E-state index in [1.165, 1.54) is 5.56 Å². The molecule has 4 nitrogen and oxygen atoms in total. The monoisotopic (exact) mass is 299 g/mol. The van der Waals surface area contributed by atoms with Crippen molar-refractivity contribution in [2.75, 3.05) is 19.0 Å². The predicted molar refractivity (Wildman–Crippen MR) is 87.6 cm³/mol. The summed E-state index contributed by atoms with van der Waals surface area (Å²) in [5.74, 6) is 1.67. The minimum atomic E-state index is -0.187. The molecule has 0 bridgehead atoms. The summed E-state index contributed by atoms with van der Waals surface area (Å²) in [5.41, 5.74) is 2.01. The van der Waals surface area contributed by atoms with Crippen LogP contribution in [0.1, 0.15) is 25.3 Å². The molecule has 0 aliphatic heterocycles. The van der Waals surface area contributed by atoms with Crippen LogP contribution in [0.5, 0.6) is 11.5 Å². The number of anilines is 1. The van der Waals surface area contributed by atoms with Crippen LogP contribution in [0.15, 0.2) is 48.5 Å². The van der Waals surface area contributed by atoms with Crippen molar-refractivity contribution in [2.24, 2.45) is 0 Å². The lowest BCUT2D eigenvalue weighted by Crippen LogP contribution is -2.20. The zero-order valence-corrected chi connectivity index (χ0v) is 13.1. The molecule has 116 valence electrons. The van der Waals surface area contributed by atoms with Gasteiger partial charge in [0.2, 0.25) is 0 Å². The fourth-order valence-electron chi connectivity index (χ4n) is 1.97. The number of carbonyl (C=O) groups is 1. The standard InChI is InChI=1S/C18H21NO3/c1-13(2)14-4-6-15(7-5-14)19-18(20)12-22-17-10-8-16(21-3)9-11-17/h4-11,13H,12H2,1-3H3,(H,19,20). The first-order chi connectivity index (χ1) is 10.6. The molecule has 0 aliphatic rings. The number of hydrogen-bond donors (Lipinski definition) is 1. The van der Waals surface area contributed by atoms with Gasteiger partial charge in [-0.2, -0.15) is 0 Å². The van der Waals surface area contributed by atoms with Crippen molar-refractivity contribution in [1.82, 2.24) is 0 Å². The van der Waals surface area contributed by atoms with Gasteiger partial charge in [-0.15, -0.1) is 0 Å². The lowest BCUT2D eigenvalue weighted by Gasteiger charge is -2.09. The first-order valence-corrected chi connectivity index (χ1v) is 7.25. The summed E-state index contributed by atoms with van der Waals surface area (Å²) in [6, 6.07) is 15.0. The summed E-state index contributed by atoms with van der Waals surface area (Å²) in [4.78, 5) is 11.9. The zero-order chi connectivity index (χ0) is 15.9. The molecule has 0 saturated heterocycles. The first kappa shape index (κ1) is 15.9. The third-order valence-electron chi connectivity index (χ3n) is 3.29. The molecule has 0 spiro atoms. The molecule has 0 aliphatic carbocycles. The van der Waals surface area contributed by atoms with E-state index in [-0.39, 0.29) is 12.5 Å². The van der Waals surface area contributed by atoms with Gasteiger partial charge in [0, 0.05) is 5.69 Å². The SMILES string of the molecule is COc1ccc(OCC(=O)Nc2ccc(C(C)C)cc2)cc1. The van der Waals surface area contributed by atoms with E-state index in [1.54, 1.807) is 31.4 Å². The van der Waals surface area contributed by atoms with Gasteiger partial charge < -0.3 is 14.8 Å². The summed E-state index contributed by atoms with van der Waals surface area (Å²) >= 11 is 0. The van der Waals surface area contributed by atoms with Crippen LogP contribution in [0.25, 0.3) is 0 Å². The molecule has 1 N–H and O–H groups in total. The molecule has 0 saturated carbocycles. The molecule has 22 heavy (non-hydrogen) atoms. The van der Waals surface area contributed by atoms with E-state index in [9.17, 15) is 4.79 Å². The van der Waals surface area contributed by atoms with Crippen LogP contribution >= 0.6 is 0 Å². The Morgan fingerprint density at radius 2 is 1.59 bits per heavy atom. The third kappa shape index (κ3) is 4.52. The van der Waals surface area contributed by atoms with Gasteiger partial charge in [-0.05, 0) is 47.9 Å². The normalized spacial score (nSPS) is 10.4. The maximum Gasteiger partial charge on any atom is 0.262 e. The quantitative estimate of drug-likeness (QED) is 0.881. The number of benzene rings is 2. The molecule has 0 aromatic heterocycles. The smallest absolute Gasteiger partial charge is 0.262 e. The third-order valence-corrected chi connectivity index (χ3v) is 3.29. The Bertz CT molecular complexity index is 603. The van der Waals surface area contributed by atoms with Crippen molar-refractivity contribution in [3.63, 3.8) is 0 Å². The molecular formula is C18H21NO3. The van der Waals surface area contributed by atoms with E-state index in [1.807, 2.05) is 24.3 Å². The molecule has 1 amide bonds. The number of hydrogen-bond acceptors (Lipinski definition) is 3.